The summed E-state index contributed by atoms with van der Waals surface area (Å²) in [5.74, 6) is -3.73. The molecule has 0 amide bonds. The van der Waals surface area contributed by atoms with E-state index in [9.17, 15) is 29.1 Å². The number of likely N-dealkylation sites (N-methyl/N-ethyl adjacent to an activating group) is 1. The van der Waals surface area contributed by atoms with Crippen LogP contribution in [0.1, 0.15) is 109 Å². The van der Waals surface area contributed by atoms with Gasteiger partial charge in [-0.25, -0.2) is 0 Å². The first-order valence-corrected chi connectivity index (χ1v) is 22.9. The first-order chi connectivity index (χ1) is 26.0. The number of aliphatic hydroxyl groups is 1. The minimum absolute atomic E-state index is 0. The lowest BCUT2D eigenvalue weighted by atomic mass is 9.80. The van der Waals surface area contributed by atoms with E-state index in [1.165, 1.54) is 33.8 Å². The van der Waals surface area contributed by atoms with Crippen LogP contribution in [0.3, 0.4) is 0 Å². The van der Waals surface area contributed by atoms with Crippen molar-refractivity contribution in [3.05, 3.63) is 23.8 Å². The Kier molecular flexibility index (Phi) is 21.2. The highest BCUT2D eigenvalue weighted by molar-refractivity contribution is 6.73. The molecule has 0 radical (unpaired) electrons. The molecule has 0 bridgehead atoms. The average molecular weight is 828 g/mol. The lowest BCUT2D eigenvalue weighted by molar-refractivity contribution is -0.307. The molecule has 3 N–H and O–H groups in total. The number of cyclic esters (lactones) is 1. The molecule has 15 heteroatoms. The fourth-order valence-electron chi connectivity index (χ4n) is 8.27. The zero-order valence-electron chi connectivity index (χ0n) is 36.9. The molecule has 1 fully saturated rings. The maximum absolute atomic E-state index is 14.1. The predicted molar refractivity (Wildman–Crippen MR) is 219 cm³/mol. The number of nitrogens with zero attached hydrogens (tertiary/aromatic N) is 1. The quantitative estimate of drug-likeness (QED) is 0.143. The molecule has 14 nitrogen and oxygen atoms in total. The van der Waals surface area contributed by atoms with Gasteiger partial charge in [0.25, 0.3) is 0 Å². The summed E-state index contributed by atoms with van der Waals surface area (Å²) in [6.07, 6.45) is -0.724. The van der Waals surface area contributed by atoms with Crippen LogP contribution in [0.2, 0.25) is 18.1 Å². The summed E-state index contributed by atoms with van der Waals surface area (Å²) in [6.45, 7) is 21.0. The lowest BCUT2D eigenvalue weighted by Crippen LogP contribution is -2.65. The van der Waals surface area contributed by atoms with E-state index < -0.39 is 104 Å². The van der Waals surface area contributed by atoms with Gasteiger partial charge < -0.3 is 43.5 Å². The van der Waals surface area contributed by atoms with Gasteiger partial charge >= 0.3 is 17.9 Å². The van der Waals surface area contributed by atoms with E-state index in [1.54, 1.807) is 38.9 Å². The molecule has 0 saturated carbocycles. The smallest absolute Gasteiger partial charge is 0.308 e. The number of carbonyl (C=O) groups is 5. The van der Waals surface area contributed by atoms with Crippen molar-refractivity contribution in [3.8, 4) is 0 Å². The third-order valence-electron chi connectivity index (χ3n) is 11.5. The number of ketones is 2. The van der Waals surface area contributed by atoms with Crippen LogP contribution >= 0.6 is 0 Å². The largest absolute Gasteiger partial charge is 0.462 e. The summed E-state index contributed by atoms with van der Waals surface area (Å²) >= 11 is 0. The van der Waals surface area contributed by atoms with Crippen molar-refractivity contribution in [2.24, 2.45) is 17.8 Å². The summed E-state index contributed by atoms with van der Waals surface area (Å²) in [5, 5.41) is 11.8. The van der Waals surface area contributed by atoms with Gasteiger partial charge in [0, 0.05) is 32.1 Å². The second kappa shape index (κ2) is 23.1. The molecule has 0 aromatic rings. The Labute approximate surface area is 341 Å². The van der Waals surface area contributed by atoms with Crippen LogP contribution in [0, 0.1) is 17.8 Å². The standard InChI is InChI=1S/C42H71NO12Si.H2O/c1-15-33-32(22-27(7)44)21-25(5)19-20-35(47)42(12,49)24-26(6)38(28(8)34(23-36(48)53-33)55-56(16-2,17-3)18-4)54-41-40(52-31(11)46)37(43(13)14)39(29(9)50-41)51-30(10)45;/h19-21,26,28-29,32-34,37-41,49H,15-18,22-24H2,1-14H3;1H2/b20-19+,25-21+;/t26-,28-,29?,32?,33?,34+,37?,38-,39?,40?,41?,42-;/m0./s1. The average Bonchev–Trinajstić information content (AvgIpc) is 3.10. The van der Waals surface area contributed by atoms with Crippen molar-refractivity contribution in [2.75, 3.05) is 14.1 Å². The van der Waals surface area contributed by atoms with Gasteiger partial charge in [-0.3, -0.25) is 24.1 Å². The third-order valence-corrected chi connectivity index (χ3v) is 16.2. The Morgan fingerprint density at radius 3 is 1.98 bits per heavy atom. The van der Waals surface area contributed by atoms with Crippen molar-refractivity contribution in [1.29, 1.82) is 0 Å². The topological polar surface area (TPSA) is 196 Å². The molecule has 0 aliphatic carbocycles. The molecule has 2 rings (SSSR count). The molecule has 12 atom stereocenters. The molecule has 2 heterocycles. The van der Waals surface area contributed by atoms with Gasteiger partial charge in [-0.15, -0.1) is 0 Å². The van der Waals surface area contributed by atoms with Gasteiger partial charge in [-0.1, -0.05) is 59.3 Å². The fourth-order valence-corrected chi connectivity index (χ4v) is 11.2. The SMILES string of the molecule is CCC1OC(=O)C[C@@H](O[Si](CC)(CC)CC)[C@H](C)[C@@H](OC2OC(C)C(OC(C)=O)C(N(C)C)C2OC(C)=O)[C@@H](C)C[C@](C)(O)C(=O)/C=C/C(C)=C/C1CC(C)=O.O. The van der Waals surface area contributed by atoms with Crippen molar-refractivity contribution in [1.82, 2.24) is 4.90 Å². The maximum atomic E-state index is 14.1. The molecule has 0 aromatic heterocycles. The van der Waals surface area contributed by atoms with Crippen molar-refractivity contribution in [2.45, 2.75) is 181 Å². The number of allylic oxidation sites excluding steroid dienone is 2. The van der Waals surface area contributed by atoms with Crippen LogP contribution in [-0.2, 0) is 52.1 Å². The number of esters is 3. The Morgan fingerprint density at radius 2 is 1.49 bits per heavy atom. The number of rotatable bonds is 13. The molecule has 328 valence electrons. The zero-order valence-corrected chi connectivity index (χ0v) is 37.9. The summed E-state index contributed by atoms with van der Waals surface area (Å²) in [5.41, 5.74) is -1.15. The van der Waals surface area contributed by atoms with Gasteiger partial charge in [-0.05, 0) is 84.8 Å². The second-order valence-corrected chi connectivity index (χ2v) is 21.2. The van der Waals surface area contributed by atoms with Crippen molar-refractivity contribution < 1.29 is 62.7 Å². The van der Waals surface area contributed by atoms with E-state index in [0.717, 1.165) is 18.1 Å². The Balaban J connectivity index is 0.0000162. The zero-order chi connectivity index (χ0) is 42.7. The molecule has 1 saturated heterocycles. The van der Waals surface area contributed by atoms with E-state index in [4.69, 9.17) is 28.1 Å². The molecule has 57 heavy (non-hydrogen) atoms. The Morgan fingerprint density at radius 1 is 0.930 bits per heavy atom. The second-order valence-electron chi connectivity index (χ2n) is 16.4. The van der Waals surface area contributed by atoms with Gasteiger partial charge in [0.15, 0.2) is 26.5 Å². The molecule has 7 unspecified atom stereocenters. The summed E-state index contributed by atoms with van der Waals surface area (Å²) in [7, 11) is 1.16. The molecular formula is C42H73NO13Si. The van der Waals surface area contributed by atoms with Crippen LogP contribution < -0.4 is 0 Å². The third kappa shape index (κ3) is 14.8. The molecule has 0 spiro atoms. The number of ether oxygens (including phenoxy) is 5. The normalized spacial score (nSPS) is 34.9. The van der Waals surface area contributed by atoms with Crippen LogP contribution in [0.5, 0.6) is 0 Å². The van der Waals surface area contributed by atoms with Gasteiger partial charge in [0.1, 0.15) is 23.6 Å². The first kappa shape index (κ1) is 52.2. The Hall–Kier alpha value is -2.79. The van der Waals surface area contributed by atoms with Crippen LogP contribution in [-0.4, -0.2) is 122 Å². The van der Waals surface area contributed by atoms with Gasteiger partial charge in [-0.2, -0.15) is 0 Å². The number of Topliss-reactive ketones (excluding diaryl/α,β-unsaturated/α-hetero) is 1. The lowest BCUT2D eigenvalue weighted by Gasteiger charge is -2.49. The molecule has 0 aromatic carbocycles. The highest BCUT2D eigenvalue weighted by Gasteiger charge is 2.52. The predicted octanol–water partition coefficient (Wildman–Crippen LogP) is 5.28. The number of hydrogen-bond acceptors (Lipinski definition) is 13. The van der Waals surface area contributed by atoms with Crippen molar-refractivity contribution >= 4 is 37.8 Å². The van der Waals surface area contributed by atoms with Gasteiger partial charge in [0.2, 0.25) is 0 Å². The number of carbonyl (C=O) groups excluding carboxylic acids is 5. The summed E-state index contributed by atoms with van der Waals surface area (Å²) in [4.78, 5) is 66.8. The molecular weight excluding hydrogens is 755 g/mol. The molecule has 2 aliphatic rings. The number of hydrogen-bond donors (Lipinski definition) is 1. The maximum Gasteiger partial charge on any atom is 0.308 e. The van der Waals surface area contributed by atoms with Crippen molar-refractivity contribution in [3.63, 3.8) is 0 Å². The van der Waals surface area contributed by atoms with E-state index in [-0.39, 0.29) is 30.5 Å². The van der Waals surface area contributed by atoms with Gasteiger partial charge in [0.05, 0.1) is 30.8 Å². The summed E-state index contributed by atoms with van der Waals surface area (Å²) < 4.78 is 38.2. The van der Waals surface area contributed by atoms with E-state index in [1.807, 2.05) is 26.8 Å². The van der Waals surface area contributed by atoms with E-state index in [0.29, 0.717) is 12.0 Å². The first-order valence-electron chi connectivity index (χ1n) is 20.4. The minimum atomic E-state index is -2.40. The summed E-state index contributed by atoms with van der Waals surface area (Å²) in [6, 6.07) is 1.74. The van der Waals surface area contributed by atoms with Crippen LogP contribution in [0.4, 0.5) is 0 Å². The van der Waals surface area contributed by atoms with Crippen LogP contribution in [0.25, 0.3) is 0 Å². The highest BCUT2D eigenvalue weighted by atomic mass is 28.4. The minimum Gasteiger partial charge on any atom is -0.462 e. The van der Waals surface area contributed by atoms with E-state index in [2.05, 4.69) is 20.8 Å². The fraction of sp³-hybridized carbons (Fsp3) is 0.786. The highest BCUT2D eigenvalue weighted by Crippen LogP contribution is 2.38. The van der Waals surface area contributed by atoms with E-state index >= 15 is 0 Å². The van der Waals surface area contributed by atoms with Crippen LogP contribution in [0.15, 0.2) is 23.8 Å². The Bertz CT molecular complexity index is 1400. The monoisotopic (exact) mass is 827 g/mol. The molecule has 2 aliphatic heterocycles.